The Kier molecular flexibility index (Phi) is 6.34. The van der Waals surface area contributed by atoms with Gasteiger partial charge in [0.1, 0.15) is 5.82 Å². The number of amidine groups is 1. The predicted molar refractivity (Wildman–Crippen MR) is 135 cm³/mol. The van der Waals surface area contributed by atoms with E-state index in [1.165, 1.54) is 17.8 Å². The van der Waals surface area contributed by atoms with Gasteiger partial charge in [-0.25, -0.2) is 9.38 Å². The Labute approximate surface area is 203 Å². The molecule has 1 aliphatic heterocycles. The van der Waals surface area contributed by atoms with Crippen LogP contribution in [0.2, 0.25) is 5.02 Å². The number of carbonyl (C=O) groups excluding carboxylic acids is 1. The molecular formula is C24H20BrClFN3OS. The predicted octanol–water partition coefficient (Wildman–Crippen LogP) is 7.16. The summed E-state index contributed by atoms with van der Waals surface area (Å²) in [5.74, 6) is -0.642. The number of thioether (sulfide) groups is 1. The summed E-state index contributed by atoms with van der Waals surface area (Å²) in [4.78, 5) is 17.7. The van der Waals surface area contributed by atoms with Crippen LogP contribution in [0.15, 0.2) is 50.8 Å². The number of rotatable bonds is 3. The van der Waals surface area contributed by atoms with Crippen LogP contribution >= 0.6 is 39.3 Å². The Morgan fingerprint density at radius 2 is 1.81 bits per heavy atom. The van der Waals surface area contributed by atoms with Gasteiger partial charge < -0.3 is 9.88 Å². The number of nitrogens with one attached hydrogen (secondary N) is 1. The van der Waals surface area contributed by atoms with E-state index < -0.39 is 5.82 Å². The number of aromatic nitrogens is 1. The minimum absolute atomic E-state index is 0.0694. The Bertz CT molecular complexity index is 1310. The molecule has 0 aliphatic carbocycles. The number of hydrogen-bond donors (Lipinski definition) is 1. The summed E-state index contributed by atoms with van der Waals surface area (Å²) >= 11 is 10.8. The monoisotopic (exact) mass is 531 g/mol. The Balaban J connectivity index is 1.65. The molecule has 4 rings (SSSR count). The van der Waals surface area contributed by atoms with Crippen molar-refractivity contribution in [2.75, 3.05) is 0 Å². The summed E-state index contributed by atoms with van der Waals surface area (Å²) in [5.41, 5.74) is 6.51. The van der Waals surface area contributed by atoms with Crippen molar-refractivity contribution < 1.29 is 9.18 Å². The second kappa shape index (κ2) is 8.89. The molecule has 0 unspecified atom stereocenters. The average Bonchev–Trinajstić information content (AvgIpc) is 3.20. The largest absolute Gasteiger partial charge is 0.318 e. The van der Waals surface area contributed by atoms with Crippen LogP contribution < -0.4 is 5.32 Å². The van der Waals surface area contributed by atoms with Crippen LogP contribution in [0.1, 0.15) is 28.1 Å². The van der Waals surface area contributed by atoms with Crippen molar-refractivity contribution in [1.29, 1.82) is 0 Å². The highest BCUT2D eigenvalue weighted by molar-refractivity contribution is 9.10. The molecule has 1 amide bonds. The van der Waals surface area contributed by atoms with Crippen LogP contribution in [0.5, 0.6) is 0 Å². The quantitative estimate of drug-likeness (QED) is 0.364. The van der Waals surface area contributed by atoms with E-state index in [0.29, 0.717) is 10.1 Å². The molecule has 8 heteroatoms. The molecule has 2 heterocycles. The van der Waals surface area contributed by atoms with E-state index in [2.05, 4.69) is 26.2 Å². The second-order valence-corrected chi connectivity index (χ2v) is 9.87. The molecule has 1 N–H and O–H groups in total. The lowest BCUT2D eigenvalue weighted by Crippen LogP contribution is -2.19. The third kappa shape index (κ3) is 4.42. The molecule has 0 saturated carbocycles. The lowest BCUT2D eigenvalue weighted by atomic mass is 10.1. The first-order valence-electron chi connectivity index (χ1n) is 9.84. The fourth-order valence-electron chi connectivity index (χ4n) is 3.68. The van der Waals surface area contributed by atoms with Crippen molar-refractivity contribution in [2.24, 2.45) is 4.99 Å². The maximum absolute atomic E-state index is 13.6. The number of hydrogen-bond acceptors (Lipinski definition) is 3. The first-order chi connectivity index (χ1) is 15.1. The van der Waals surface area contributed by atoms with Gasteiger partial charge in [-0.15, -0.1) is 0 Å². The van der Waals surface area contributed by atoms with E-state index in [9.17, 15) is 9.18 Å². The van der Waals surface area contributed by atoms with Gasteiger partial charge in [-0.2, -0.15) is 0 Å². The summed E-state index contributed by atoms with van der Waals surface area (Å²) in [6, 6.07) is 10.6. The molecule has 3 aromatic rings. The van der Waals surface area contributed by atoms with Crippen molar-refractivity contribution in [3.63, 3.8) is 0 Å². The summed E-state index contributed by atoms with van der Waals surface area (Å²) in [5, 5.41) is 3.45. The van der Waals surface area contributed by atoms with Crippen molar-refractivity contribution in [3.05, 3.63) is 84.7 Å². The van der Waals surface area contributed by atoms with Crippen LogP contribution in [0.4, 0.5) is 10.1 Å². The highest BCUT2D eigenvalue weighted by atomic mass is 79.9. The van der Waals surface area contributed by atoms with Crippen molar-refractivity contribution in [2.45, 2.75) is 27.7 Å². The standard InChI is InChI=1S/C24H20BrClFN3OS/c1-12-7-17(8-13(2)22(12)25)28-24-29-23(31)21(32-24)10-16-9-14(3)30(15(16)4)18-5-6-20(27)19(26)11-18/h5-11H,1-4H3,(H,28,29,31)/b21-10-. The van der Waals surface area contributed by atoms with Crippen LogP contribution in [-0.2, 0) is 4.79 Å². The van der Waals surface area contributed by atoms with Crippen molar-refractivity contribution in [3.8, 4) is 5.69 Å². The number of aliphatic imine (C=N–C) groups is 1. The Morgan fingerprint density at radius 1 is 1.12 bits per heavy atom. The topological polar surface area (TPSA) is 46.4 Å². The molecule has 2 aromatic carbocycles. The molecule has 0 atom stereocenters. The maximum Gasteiger partial charge on any atom is 0.264 e. The van der Waals surface area contributed by atoms with E-state index >= 15 is 0 Å². The number of nitrogens with zero attached hydrogens (tertiary/aromatic N) is 2. The summed E-state index contributed by atoms with van der Waals surface area (Å²) in [6.45, 7) is 7.93. The van der Waals surface area contributed by atoms with Gasteiger partial charge in [0.25, 0.3) is 5.91 Å². The van der Waals surface area contributed by atoms with Crippen LogP contribution in [0.25, 0.3) is 11.8 Å². The van der Waals surface area contributed by atoms with Gasteiger partial charge in [0.15, 0.2) is 5.17 Å². The van der Waals surface area contributed by atoms with Gasteiger partial charge >= 0.3 is 0 Å². The van der Waals surface area contributed by atoms with Gasteiger partial charge in [0.05, 0.1) is 15.6 Å². The lowest BCUT2D eigenvalue weighted by Gasteiger charge is -2.10. The molecule has 32 heavy (non-hydrogen) atoms. The average molecular weight is 533 g/mol. The fourth-order valence-corrected chi connectivity index (χ4v) is 4.92. The molecule has 0 spiro atoms. The van der Waals surface area contributed by atoms with E-state index in [4.69, 9.17) is 11.6 Å². The molecule has 164 valence electrons. The molecular weight excluding hydrogens is 513 g/mol. The molecule has 4 nitrogen and oxygen atoms in total. The van der Waals surface area contributed by atoms with Gasteiger partial charge in [-0.05, 0) is 98.6 Å². The smallest absolute Gasteiger partial charge is 0.264 e. The molecule has 1 aliphatic rings. The molecule has 1 aromatic heterocycles. The first-order valence-corrected chi connectivity index (χ1v) is 11.8. The highest BCUT2D eigenvalue weighted by Gasteiger charge is 2.25. The zero-order chi connectivity index (χ0) is 23.2. The lowest BCUT2D eigenvalue weighted by molar-refractivity contribution is -0.115. The highest BCUT2D eigenvalue weighted by Crippen LogP contribution is 2.32. The van der Waals surface area contributed by atoms with Crippen LogP contribution in [-0.4, -0.2) is 15.6 Å². The molecule has 1 fully saturated rings. The molecule has 1 saturated heterocycles. The third-order valence-electron chi connectivity index (χ3n) is 5.22. The van der Waals surface area contributed by atoms with Gasteiger partial charge in [-0.3, -0.25) is 4.79 Å². The van der Waals surface area contributed by atoms with Crippen LogP contribution in [0, 0.1) is 33.5 Å². The zero-order valence-corrected chi connectivity index (χ0v) is 21.0. The number of aryl methyl sites for hydroxylation is 3. The van der Waals surface area contributed by atoms with Crippen LogP contribution in [0.3, 0.4) is 0 Å². The van der Waals surface area contributed by atoms with E-state index in [0.717, 1.165) is 43.9 Å². The second-order valence-electron chi connectivity index (χ2n) is 7.64. The number of benzene rings is 2. The van der Waals surface area contributed by atoms with E-state index in [-0.39, 0.29) is 10.9 Å². The minimum Gasteiger partial charge on any atom is -0.318 e. The van der Waals surface area contributed by atoms with Gasteiger partial charge in [0, 0.05) is 21.5 Å². The Morgan fingerprint density at radius 3 is 2.47 bits per heavy atom. The van der Waals surface area contributed by atoms with Gasteiger partial charge in [-0.1, -0.05) is 27.5 Å². The van der Waals surface area contributed by atoms with Crippen molar-refractivity contribution >= 4 is 62.1 Å². The van der Waals surface area contributed by atoms with E-state index in [1.807, 2.05) is 56.5 Å². The summed E-state index contributed by atoms with van der Waals surface area (Å²) < 4.78 is 16.6. The third-order valence-corrected chi connectivity index (χ3v) is 7.67. The Hall–Kier alpha value is -2.35. The summed E-state index contributed by atoms with van der Waals surface area (Å²) in [6.07, 6.45) is 1.85. The van der Waals surface area contributed by atoms with E-state index in [1.54, 1.807) is 12.1 Å². The molecule has 0 radical (unpaired) electrons. The first kappa shape index (κ1) is 22.8. The van der Waals surface area contributed by atoms with Crippen molar-refractivity contribution in [1.82, 2.24) is 9.88 Å². The molecule has 0 bridgehead atoms. The minimum atomic E-state index is -0.456. The summed E-state index contributed by atoms with van der Waals surface area (Å²) in [7, 11) is 0. The number of halogens is 3. The normalized spacial score (nSPS) is 16.3. The number of amides is 1. The SMILES string of the molecule is Cc1cc(N=C2NC(=O)/C(=C/c3cc(C)n(-c4ccc(F)c(Cl)c4)c3C)S2)cc(C)c1Br. The van der Waals surface area contributed by atoms with Gasteiger partial charge in [0.2, 0.25) is 0 Å². The fraction of sp³-hybridized carbons (Fsp3) is 0.167. The zero-order valence-electron chi connectivity index (χ0n) is 17.9. The maximum atomic E-state index is 13.6. The number of carbonyl (C=O) groups is 1.